The molecule has 5 amide bonds. The molecule has 0 aromatic heterocycles. The fraction of sp³-hybridized carbons (Fsp3) is 0.727. The number of Topliss-reactive ketones (excluding diaryl/α,β-unsaturated/α-hetero) is 4. The smallest absolute Gasteiger partial charge is 0.226 e. The van der Waals surface area contributed by atoms with Gasteiger partial charge in [-0.1, -0.05) is 6.92 Å². The van der Waals surface area contributed by atoms with E-state index in [4.69, 9.17) is 0 Å². The van der Waals surface area contributed by atoms with Gasteiger partial charge in [-0.15, -0.1) is 0 Å². The van der Waals surface area contributed by atoms with Crippen LogP contribution < -0.4 is 26.6 Å². The first-order valence-corrected chi connectivity index (χ1v) is 17.2. The Labute approximate surface area is 306 Å². The van der Waals surface area contributed by atoms with Gasteiger partial charge in [-0.3, -0.25) is 43.2 Å². The van der Waals surface area contributed by atoms with Gasteiger partial charge in [0.15, 0.2) is 23.1 Å². The average molecular weight is 762 g/mol. The van der Waals surface area contributed by atoms with Crippen molar-refractivity contribution in [3.05, 3.63) is 0 Å². The summed E-state index contributed by atoms with van der Waals surface area (Å²) in [5.74, 6) is -10.7. The van der Waals surface area contributed by atoms with Crippen molar-refractivity contribution in [1.29, 1.82) is 0 Å². The third-order valence-electron chi connectivity index (χ3n) is 8.46. The van der Waals surface area contributed by atoms with Crippen LogP contribution in [0, 0.1) is 17.8 Å². The van der Waals surface area contributed by atoms with Gasteiger partial charge in [0.1, 0.15) is 18.1 Å². The lowest BCUT2D eigenvalue weighted by atomic mass is 9.92. The van der Waals surface area contributed by atoms with Gasteiger partial charge in [-0.25, -0.2) is 0 Å². The number of nitrogens with one attached hydrogen (secondary N) is 5. The third-order valence-corrected chi connectivity index (χ3v) is 8.46. The van der Waals surface area contributed by atoms with Crippen molar-refractivity contribution in [3.63, 3.8) is 0 Å². The zero-order valence-electron chi connectivity index (χ0n) is 30.5. The minimum absolute atomic E-state index is 0.172. The van der Waals surface area contributed by atoms with Crippen LogP contribution in [0.25, 0.3) is 0 Å². The first kappa shape index (κ1) is 48.8. The molecule has 0 aliphatic carbocycles. The summed E-state index contributed by atoms with van der Waals surface area (Å²) in [4.78, 5) is 112. The normalized spacial score (nSPS) is 15.6. The second kappa shape index (κ2) is 25.7. The number of carbonyl (C=O) groups is 9. The van der Waals surface area contributed by atoms with Crippen molar-refractivity contribution >= 4 is 52.7 Å². The molecular formula is C33H55N5O15. The Bertz CT molecular complexity index is 1270. The molecule has 8 atom stereocenters. The van der Waals surface area contributed by atoms with E-state index in [0.717, 1.165) is 0 Å². The molecule has 20 heteroatoms. The highest BCUT2D eigenvalue weighted by molar-refractivity contribution is 5.97. The molecule has 302 valence electrons. The lowest BCUT2D eigenvalue weighted by Crippen LogP contribution is -2.51. The van der Waals surface area contributed by atoms with Gasteiger partial charge in [0.05, 0.1) is 62.9 Å². The van der Waals surface area contributed by atoms with Gasteiger partial charge in [0, 0.05) is 45.6 Å². The maximum absolute atomic E-state index is 13.0. The molecule has 0 rings (SSSR count). The molecule has 11 N–H and O–H groups in total. The van der Waals surface area contributed by atoms with Crippen LogP contribution in [0.5, 0.6) is 0 Å². The van der Waals surface area contributed by atoms with Gasteiger partial charge < -0.3 is 57.2 Å². The Morgan fingerprint density at radius 3 is 1.42 bits per heavy atom. The highest BCUT2D eigenvalue weighted by Crippen LogP contribution is 2.14. The standard InChI is InChI=1S/C33H55N5O15/c1-5-19(12-39)31(51)35-17(2)27(47)11-21(18(3)44)33(53)38-24(16-43)28(48)10-20(13-40)32(52)37-23(15-42)26(46)7-9-30(50)36-22(14-41)25(45)6-8-29(49)34-4/h17-24,39-44H,5-16H2,1-4H3,(H,34,49)(H,35,51)(H,36,50)(H,37,52)(H,38,53). The molecule has 0 aromatic rings. The number of carbonyl (C=O) groups excluding carboxylic acids is 9. The second-order valence-corrected chi connectivity index (χ2v) is 12.5. The van der Waals surface area contributed by atoms with Gasteiger partial charge >= 0.3 is 0 Å². The molecule has 0 saturated heterocycles. The fourth-order valence-corrected chi connectivity index (χ4v) is 4.78. The van der Waals surface area contributed by atoms with E-state index < -0.39 is 159 Å². The van der Waals surface area contributed by atoms with E-state index in [-0.39, 0.29) is 12.8 Å². The van der Waals surface area contributed by atoms with E-state index in [9.17, 15) is 73.8 Å². The number of hydrogen-bond acceptors (Lipinski definition) is 15. The molecule has 0 heterocycles. The molecule has 0 spiro atoms. The monoisotopic (exact) mass is 761 g/mol. The molecule has 0 aromatic carbocycles. The van der Waals surface area contributed by atoms with Crippen molar-refractivity contribution < 1.29 is 73.8 Å². The van der Waals surface area contributed by atoms with Crippen LogP contribution in [0.2, 0.25) is 0 Å². The van der Waals surface area contributed by atoms with E-state index in [2.05, 4.69) is 26.6 Å². The van der Waals surface area contributed by atoms with Crippen LogP contribution in [0.4, 0.5) is 0 Å². The Balaban J connectivity index is 5.32. The van der Waals surface area contributed by atoms with Crippen molar-refractivity contribution in [2.45, 2.75) is 96.0 Å². The van der Waals surface area contributed by atoms with E-state index in [1.807, 2.05) is 0 Å². The van der Waals surface area contributed by atoms with Gasteiger partial charge in [-0.2, -0.15) is 0 Å². The van der Waals surface area contributed by atoms with Crippen LogP contribution in [0.15, 0.2) is 0 Å². The number of ketones is 4. The highest BCUT2D eigenvalue weighted by atomic mass is 16.3. The van der Waals surface area contributed by atoms with Crippen LogP contribution in [0.3, 0.4) is 0 Å². The van der Waals surface area contributed by atoms with Gasteiger partial charge in [0.2, 0.25) is 29.5 Å². The Morgan fingerprint density at radius 2 is 0.962 bits per heavy atom. The number of rotatable bonds is 28. The summed E-state index contributed by atoms with van der Waals surface area (Å²) in [6.07, 6.45) is -3.96. The van der Waals surface area contributed by atoms with Gasteiger partial charge in [0.25, 0.3) is 0 Å². The van der Waals surface area contributed by atoms with E-state index in [1.54, 1.807) is 6.92 Å². The molecule has 20 nitrogen and oxygen atoms in total. The predicted octanol–water partition coefficient (Wildman–Crippen LogP) is -5.09. The van der Waals surface area contributed by atoms with E-state index in [0.29, 0.717) is 6.42 Å². The van der Waals surface area contributed by atoms with Crippen molar-refractivity contribution in [1.82, 2.24) is 26.6 Å². The van der Waals surface area contributed by atoms with E-state index in [1.165, 1.54) is 20.9 Å². The number of aliphatic hydroxyl groups is 6. The number of aliphatic hydroxyl groups excluding tert-OH is 6. The van der Waals surface area contributed by atoms with Crippen LogP contribution in [0.1, 0.15) is 65.7 Å². The lowest BCUT2D eigenvalue weighted by Gasteiger charge is -2.25. The summed E-state index contributed by atoms with van der Waals surface area (Å²) in [5.41, 5.74) is 0. The van der Waals surface area contributed by atoms with E-state index >= 15 is 0 Å². The molecule has 53 heavy (non-hydrogen) atoms. The molecule has 8 unspecified atom stereocenters. The molecule has 0 radical (unpaired) electrons. The van der Waals surface area contributed by atoms with Crippen molar-refractivity contribution in [2.75, 3.05) is 40.1 Å². The number of hydrogen-bond donors (Lipinski definition) is 11. The minimum atomic E-state index is -1.65. The zero-order chi connectivity index (χ0) is 40.8. The van der Waals surface area contributed by atoms with Crippen molar-refractivity contribution in [2.24, 2.45) is 17.8 Å². The second-order valence-electron chi connectivity index (χ2n) is 12.5. The first-order valence-electron chi connectivity index (χ1n) is 17.2. The van der Waals surface area contributed by atoms with Crippen molar-refractivity contribution in [3.8, 4) is 0 Å². The third kappa shape index (κ3) is 17.4. The SMILES string of the molecule is CCC(CO)C(=O)NC(C)C(=O)CC(C(=O)NC(CO)C(=O)CC(CO)C(=O)NC(CO)C(=O)CCC(=O)NC(CO)C(=O)CCC(=O)NC)C(C)O. The number of amides is 5. The molecule has 0 fully saturated rings. The Hall–Kier alpha value is -4.21. The molecule has 0 bridgehead atoms. The highest BCUT2D eigenvalue weighted by Gasteiger charge is 2.34. The summed E-state index contributed by atoms with van der Waals surface area (Å²) in [6.45, 7) is 0.149. The predicted molar refractivity (Wildman–Crippen MR) is 183 cm³/mol. The van der Waals surface area contributed by atoms with Gasteiger partial charge in [-0.05, 0) is 20.3 Å². The van der Waals surface area contributed by atoms with Crippen LogP contribution in [-0.2, 0) is 43.2 Å². The fourth-order valence-electron chi connectivity index (χ4n) is 4.78. The summed E-state index contributed by atoms with van der Waals surface area (Å²) >= 11 is 0. The molecule has 0 aliphatic heterocycles. The molecule has 0 aliphatic rings. The summed E-state index contributed by atoms with van der Waals surface area (Å²) in [6, 6.07) is -5.66. The Kier molecular flexibility index (Phi) is 23.7. The van der Waals surface area contributed by atoms with Crippen LogP contribution >= 0.6 is 0 Å². The summed E-state index contributed by atoms with van der Waals surface area (Å²) < 4.78 is 0. The summed E-state index contributed by atoms with van der Waals surface area (Å²) in [7, 11) is 1.37. The molecule has 0 saturated carbocycles. The van der Waals surface area contributed by atoms with Crippen LogP contribution in [-0.4, -0.2) is 154 Å². The molecular weight excluding hydrogens is 706 g/mol. The topological polar surface area (TPSA) is 335 Å². The zero-order valence-corrected chi connectivity index (χ0v) is 30.5. The first-order chi connectivity index (χ1) is 24.9. The quantitative estimate of drug-likeness (QED) is 0.0355. The average Bonchev–Trinajstić information content (AvgIpc) is 3.13. The maximum atomic E-state index is 13.0. The summed E-state index contributed by atoms with van der Waals surface area (Å²) in [5, 5.41) is 69.6. The Morgan fingerprint density at radius 1 is 0.509 bits per heavy atom. The minimum Gasteiger partial charge on any atom is -0.396 e. The lowest BCUT2D eigenvalue weighted by molar-refractivity contribution is -0.138. The maximum Gasteiger partial charge on any atom is 0.226 e. The largest absolute Gasteiger partial charge is 0.396 e.